The zero-order chi connectivity index (χ0) is 18.1. The Morgan fingerprint density at radius 3 is 2.68 bits per heavy atom. The lowest BCUT2D eigenvalue weighted by Gasteiger charge is -2.27. The van der Waals surface area contributed by atoms with Crippen LogP contribution in [0.1, 0.15) is 36.0 Å². The minimum Gasteiger partial charge on any atom is -0.481 e. The van der Waals surface area contributed by atoms with Gasteiger partial charge in [0.2, 0.25) is 10.0 Å². The molecule has 136 valence electrons. The van der Waals surface area contributed by atoms with E-state index in [1.165, 1.54) is 24.3 Å². The minimum absolute atomic E-state index is 0.0157. The molecule has 1 aromatic rings. The van der Waals surface area contributed by atoms with Gasteiger partial charge in [0.05, 0.1) is 23.5 Å². The Bertz CT molecular complexity index is 782. The van der Waals surface area contributed by atoms with Crippen molar-refractivity contribution in [1.82, 2.24) is 10.0 Å². The number of carboxylic acid groups (broad SMARTS) is 1. The van der Waals surface area contributed by atoms with Gasteiger partial charge in [-0.25, -0.2) is 13.1 Å². The minimum atomic E-state index is -3.66. The third-order valence-corrected chi connectivity index (χ3v) is 5.80. The molecule has 1 unspecified atom stereocenters. The normalized spacial score (nSPS) is 23.4. The van der Waals surface area contributed by atoms with Crippen molar-refractivity contribution in [3.8, 4) is 0 Å². The van der Waals surface area contributed by atoms with Gasteiger partial charge in [-0.3, -0.25) is 9.59 Å². The van der Waals surface area contributed by atoms with Crippen LogP contribution in [0.3, 0.4) is 0 Å². The number of nitrogens with one attached hydrogen (secondary N) is 2. The maximum absolute atomic E-state index is 12.5. The van der Waals surface area contributed by atoms with E-state index in [1.807, 2.05) is 0 Å². The number of aliphatic carboxylic acids is 1. The summed E-state index contributed by atoms with van der Waals surface area (Å²) in [5, 5.41) is 11.8. The Morgan fingerprint density at radius 2 is 2.08 bits per heavy atom. The molecule has 3 rings (SSSR count). The van der Waals surface area contributed by atoms with Crippen molar-refractivity contribution in [2.45, 2.75) is 42.2 Å². The van der Waals surface area contributed by atoms with E-state index in [0.717, 1.165) is 12.8 Å². The molecular formula is C16H20N2O6S. The lowest BCUT2D eigenvalue weighted by Crippen LogP contribution is -2.50. The first-order valence-corrected chi connectivity index (χ1v) is 9.52. The van der Waals surface area contributed by atoms with Gasteiger partial charge in [-0.1, -0.05) is 6.07 Å². The molecule has 1 aliphatic heterocycles. The molecule has 0 bridgehead atoms. The molecule has 2 fully saturated rings. The highest BCUT2D eigenvalue weighted by molar-refractivity contribution is 7.89. The van der Waals surface area contributed by atoms with Crippen LogP contribution in [-0.4, -0.2) is 50.2 Å². The summed E-state index contributed by atoms with van der Waals surface area (Å²) < 4.78 is 32.3. The molecule has 1 aliphatic carbocycles. The highest BCUT2D eigenvalue weighted by Crippen LogP contribution is 2.25. The van der Waals surface area contributed by atoms with E-state index in [9.17, 15) is 18.0 Å². The van der Waals surface area contributed by atoms with Crippen LogP contribution in [0.25, 0.3) is 0 Å². The largest absolute Gasteiger partial charge is 0.481 e. The fourth-order valence-electron chi connectivity index (χ4n) is 2.79. The van der Waals surface area contributed by atoms with Crippen molar-refractivity contribution in [1.29, 1.82) is 0 Å². The van der Waals surface area contributed by atoms with E-state index < -0.39 is 27.4 Å². The SMILES string of the molecule is O=C(O)CC1(NC(=O)c2cccc(S(=O)(=O)NC3CC3)c2)CCOC1. The third kappa shape index (κ3) is 4.36. The van der Waals surface area contributed by atoms with Gasteiger partial charge in [-0.05, 0) is 37.5 Å². The molecule has 1 heterocycles. The fraction of sp³-hybridized carbons (Fsp3) is 0.500. The molecule has 0 radical (unpaired) electrons. The van der Waals surface area contributed by atoms with Crippen LogP contribution in [0.15, 0.2) is 29.2 Å². The van der Waals surface area contributed by atoms with Crippen LogP contribution in [0, 0.1) is 0 Å². The Morgan fingerprint density at radius 1 is 1.32 bits per heavy atom. The third-order valence-electron chi connectivity index (χ3n) is 4.28. The Labute approximate surface area is 145 Å². The number of ether oxygens (including phenoxy) is 1. The summed E-state index contributed by atoms with van der Waals surface area (Å²) >= 11 is 0. The second-order valence-corrected chi connectivity index (χ2v) is 8.24. The average Bonchev–Trinajstić information content (AvgIpc) is 3.23. The molecule has 0 spiro atoms. The van der Waals surface area contributed by atoms with E-state index in [2.05, 4.69) is 10.0 Å². The predicted molar refractivity (Wildman–Crippen MR) is 87.7 cm³/mol. The topological polar surface area (TPSA) is 122 Å². The first-order valence-electron chi connectivity index (χ1n) is 8.04. The van der Waals surface area contributed by atoms with Gasteiger partial charge in [-0.2, -0.15) is 0 Å². The first kappa shape index (κ1) is 17.8. The Balaban J connectivity index is 1.78. The van der Waals surface area contributed by atoms with Crippen LogP contribution >= 0.6 is 0 Å². The van der Waals surface area contributed by atoms with Crippen molar-refractivity contribution >= 4 is 21.9 Å². The number of benzene rings is 1. The molecule has 1 amide bonds. The van der Waals surface area contributed by atoms with Crippen molar-refractivity contribution in [2.24, 2.45) is 0 Å². The highest BCUT2D eigenvalue weighted by atomic mass is 32.2. The van der Waals surface area contributed by atoms with E-state index in [4.69, 9.17) is 9.84 Å². The Hall–Kier alpha value is -1.97. The van der Waals surface area contributed by atoms with Gasteiger partial charge in [0.15, 0.2) is 0 Å². The smallest absolute Gasteiger partial charge is 0.305 e. The summed E-state index contributed by atoms with van der Waals surface area (Å²) in [4.78, 5) is 23.6. The summed E-state index contributed by atoms with van der Waals surface area (Å²) in [6.45, 7) is 0.486. The van der Waals surface area contributed by atoms with Crippen molar-refractivity contribution < 1.29 is 27.9 Å². The number of amides is 1. The number of sulfonamides is 1. The number of carbonyl (C=O) groups is 2. The zero-order valence-corrected chi connectivity index (χ0v) is 14.3. The first-order chi connectivity index (χ1) is 11.8. The zero-order valence-electron chi connectivity index (χ0n) is 13.5. The molecule has 1 saturated carbocycles. The van der Waals surface area contributed by atoms with E-state index in [1.54, 1.807) is 0 Å². The predicted octanol–water partition coefficient (Wildman–Crippen LogP) is 0.491. The lowest BCUT2D eigenvalue weighted by molar-refractivity contribution is -0.138. The maximum atomic E-state index is 12.5. The van der Waals surface area contributed by atoms with Gasteiger partial charge in [0.25, 0.3) is 5.91 Å². The van der Waals surface area contributed by atoms with Gasteiger partial charge in [0, 0.05) is 18.2 Å². The summed E-state index contributed by atoms with van der Waals surface area (Å²) in [5.41, 5.74) is -0.806. The molecular weight excluding hydrogens is 348 g/mol. The molecule has 1 saturated heterocycles. The molecule has 1 atom stereocenters. The number of carbonyl (C=O) groups excluding carboxylic acids is 1. The Kier molecular flexibility index (Phi) is 4.81. The summed E-state index contributed by atoms with van der Waals surface area (Å²) in [5.74, 6) is -1.55. The van der Waals surface area contributed by atoms with Gasteiger partial charge >= 0.3 is 5.97 Å². The van der Waals surface area contributed by atoms with Crippen LogP contribution in [-0.2, 0) is 19.6 Å². The van der Waals surface area contributed by atoms with Gasteiger partial charge < -0.3 is 15.2 Å². The quantitative estimate of drug-likeness (QED) is 0.644. The number of hydrogen-bond acceptors (Lipinski definition) is 5. The second-order valence-electron chi connectivity index (χ2n) is 6.53. The fourth-order valence-corrected chi connectivity index (χ4v) is 4.14. The average molecular weight is 368 g/mol. The van der Waals surface area contributed by atoms with Crippen LogP contribution in [0.2, 0.25) is 0 Å². The molecule has 8 nitrogen and oxygen atoms in total. The van der Waals surface area contributed by atoms with E-state index in [-0.39, 0.29) is 29.5 Å². The van der Waals surface area contributed by atoms with E-state index >= 15 is 0 Å². The summed E-state index contributed by atoms with van der Waals surface area (Å²) in [6.07, 6.45) is 1.78. The summed E-state index contributed by atoms with van der Waals surface area (Å²) in [6, 6.07) is 5.68. The molecule has 9 heteroatoms. The molecule has 3 N–H and O–H groups in total. The van der Waals surface area contributed by atoms with Crippen LogP contribution in [0.4, 0.5) is 0 Å². The van der Waals surface area contributed by atoms with Crippen LogP contribution < -0.4 is 10.0 Å². The lowest BCUT2D eigenvalue weighted by atomic mass is 9.94. The maximum Gasteiger partial charge on any atom is 0.305 e. The molecule has 0 aromatic heterocycles. The number of hydrogen-bond donors (Lipinski definition) is 3. The molecule has 1 aromatic carbocycles. The van der Waals surface area contributed by atoms with Crippen molar-refractivity contribution in [3.63, 3.8) is 0 Å². The summed E-state index contributed by atoms with van der Waals surface area (Å²) in [7, 11) is -3.66. The van der Waals surface area contributed by atoms with E-state index in [0.29, 0.717) is 13.0 Å². The van der Waals surface area contributed by atoms with Gasteiger partial charge in [0.1, 0.15) is 0 Å². The second kappa shape index (κ2) is 6.74. The highest BCUT2D eigenvalue weighted by Gasteiger charge is 2.39. The van der Waals surface area contributed by atoms with Crippen molar-refractivity contribution in [2.75, 3.05) is 13.2 Å². The number of rotatable bonds is 7. The monoisotopic (exact) mass is 368 g/mol. The van der Waals surface area contributed by atoms with Crippen molar-refractivity contribution in [3.05, 3.63) is 29.8 Å². The molecule has 2 aliphatic rings. The standard InChI is InChI=1S/C16H20N2O6S/c19-14(20)9-16(6-7-24-10-16)17-15(21)11-2-1-3-13(8-11)25(22,23)18-12-4-5-12/h1-3,8,12,18H,4-7,9-10H2,(H,17,21)(H,19,20). The molecule has 25 heavy (non-hydrogen) atoms. The number of carboxylic acids is 1. The van der Waals surface area contributed by atoms with Crippen LogP contribution in [0.5, 0.6) is 0 Å². The van der Waals surface area contributed by atoms with Gasteiger partial charge in [-0.15, -0.1) is 0 Å².